The van der Waals surface area contributed by atoms with Crippen LogP contribution in [0.5, 0.6) is 0 Å². The summed E-state index contributed by atoms with van der Waals surface area (Å²) >= 11 is 0. The van der Waals surface area contributed by atoms with Crippen molar-refractivity contribution in [2.75, 3.05) is 52.9 Å². The van der Waals surface area contributed by atoms with E-state index in [-0.39, 0.29) is 0 Å². The van der Waals surface area contributed by atoms with Crippen molar-refractivity contribution < 1.29 is 8.42 Å². The van der Waals surface area contributed by atoms with Crippen LogP contribution in [-0.4, -0.2) is 75.4 Å². The van der Waals surface area contributed by atoms with E-state index >= 15 is 0 Å². The summed E-state index contributed by atoms with van der Waals surface area (Å²) < 4.78 is 26.8. The quantitative estimate of drug-likeness (QED) is 0.808. The zero-order valence-corrected chi connectivity index (χ0v) is 14.9. The van der Waals surface area contributed by atoms with Crippen molar-refractivity contribution >= 4 is 10.0 Å². The second-order valence-electron chi connectivity index (χ2n) is 6.79. The molecule has 0 atom stereocenters. The Morgan fingerprint density at radius 2 is 1.65 bits per heavy atom. The Hall–Kier alpha value is -0.950. The standard InChI is InChI=1S/C17H27N3O2S/c1-3-15-4-6-17(7-5-15)23(21,22)20-13-16(14-20)12-19-10-8-18(2)9-11-19/h4-7,16H,3,8-14H2,1-2H3. The van der Waals surface area contributed by atoms with Gasteiger partial charge in [-0.25, -0.2) is 8.42 Å². The number of likely N-dealkylation sites (N-methyl/N-ethyl adjacent to an activating group) is 1. The zero-order chi connectivity index (χ0) is 16.4. The predicted molar refractivity (Wildman–Crippen MR) is 92.0 cm³/mol. The number of sulfonamides is 1. The summed E-state index contributed by atoms with van der Waals surface area (Å²) in [4.78, 5) is 5.23. The summed E-state index contributed by atoms with van der Waals surface area (Å²) in [6, 6.07) is 7.30. The molecule has 0 unspecified atom stereocenters. The molecule has 128 valence electrons. The lowest BCUT2D eigenvalue weighted by atomic mass is 10.0. The van der Waals surface area contributed by atoms with Crippen LogP contribution in [-0.2, 0) is 16.4 Å². The first-order valence-electron chi connectivity index (χ1n) is 8.49. The first-order valence-corrected chi connectivity index (χ1v) is 9.93. The summed E-state index contributed by atoms with van der Waals surface area (Å²) in [5.74, 6) is 0.475. The van der Waals surface area contributed by atoms with Crippen LogP contribution in [0.3, 0.4) is 0 Å². The molecule has 0 N–H and O–H groups in total. The SMILES string of the molecule is CCc1ccc(S(=O)(=O)N2CC(CN3CCN(C)CC3)C2)cc1. The highest BCUT2D eigenvalue weighted by atomic mass is 32.2. The molecular formula is C17H27N3O2S. The average molecular weight is 337 g/mol. The van der Waals surface area contributed by atoms with Crippen LogP contribution in [0.4, 0.5) is 0 Å². The van der Waals surface area contributed by atoms with Crippen LogP contribution in [0.2, 0.25) is 0 Å². The first kappa shape index (κ1) is 16.9. The smallest absolute Gasteiger partial charge is 0.243 e. The lowest BCUT2D eigenvalue weighted by Crippen LogP contribution is -2.55. The Morgan fingerprint density at radius 3 is 2.22 bits per heavy atom. The number of hydrogen-bond acceptors (Lipinski definition) is 4. The van der Waals surface area contributed by atoms with Gasteiger partial charge in [-0.2, -0.15) is 4.31 Å². The van der Waals surface area contributed by atoms with Crippen LogP contribution in [0.15, 0.2) is 29.2 Å². The molecule has 5 nitrogen and oxygen atoms in total. The molecule has 1 aromatic carbocycles. The molecule has 2 saturated heterocycles. The largest absolute Gasteiger partial charge is 0.304 e. The van der Waals surface area contributed by atoms with E-state index in [2.05, 4.69) is 23.8 Å². The van der Waals surface area contributed by atoms with E-state index in [0.29, 0.717) is 23.9 Å². The number of piperazine rings is 1. The molecule has 0 aliphatic carbocycles. The number of rotatable bonds is 5. The van der Waals surface area contributed by atoms with Crippen molar-refractivity contribution in [2.24, 2.45) is 5.92 Å². The van der Waals surface area contributed by atoms with Gasteiger partial charge in [0, 0.05) is 45.8 Å². The lowest BCUT2D eigenvalue weighted by molar-refractivity contribution is 0.0940. The van der Waals surface area contributed by atoms with Gasteiger partial charge >= 0.3 is 0 Å². The molecule has 0 spiro atoms. The van der Waals surface area contributed by atoms with E-state index in [0.717, 1.165) is 39.1 Å². The molecule has 3 rings (SSSR count). The highest BCUT2D eigenvalue weighted by molar-refractivity contribution is 7.89. The van der Waals surface area contributed by atoms with Gasteiger partial charge in [0.2, 0.25) is 10.0 Å². The number of aryl methyl sites for hydroxylation is 1. The highest BCUT2D eigenvalue weighted by Gasteiger charge is 2.37. The maximum atomic E-state index is 12.6. The van der Waals surface area contributed by atoms with Crippen molar-refractivity contribution in [3.63, 3.8) is 0 Å². The molecule has 0 amide bonds. The Morgan fingerprint density at radius 1 is 1.04 bits per heavy atom. The van der Waals surface area contributed by atoms with E-state index in [1.807, 2.05) is 12.1 Å². The molecule has 0 saturated carbocycles. The Kier molecular flexibility index (Phi) is 5.06. The molecular weight excluding hydrogens is 310 g/mol. The minimum Gasteiger partial charge on any atom is -0.304 e. The van der Waals surface area contributed by atoms with Gasteiger partial charge in [-0.05, 0) is 37.1 Å². The molecule has 2 heterocycles. The molecule has 0 bridgehead atoms. The minimum absolute atomic E-state index is 0.424. The molecule has 23 heavy (non-hydrogen) atoms. The maximum Gasteiger partial charge on any atom is 0.243 e. The topological polar surface area (TPSA) is 43.9 Å². The molecule has 2 fully saturated rings. The predicted octanol–water partition coefficient (Wildman–Crippen LogP) is 1.12. The highest BCUT2D eigenvalue weighted by Crippen LogP contribution is 2.26. The van der Waals surface area contributed by atoms with Crippen LogP contribution >= 0.6 is 0 Å². The normalized spacial score (nSPS) is 22.2. The van der Waals surface area contributed by atoms with Gasteiger partial charge in [-0.3, -0.25) is 0 Å². The summed E-state index contributed by atoms with van der Waals surface area (Å²) in [7, 11) is -1.15. The van der Waals surface area contributed by atoms with Crippen molar-refractivity contribution in [3.05, 3.63) is 29.8 Å². The van der Waals surface area contributed by atoms with E-state index in [1.165, 1.54) is 5.56 Å². The van der Waals surface area contributed by atoms with Crippen molar-refractivity contribution in [2.45, 2.75) is 18.2 Å². The zero-order valence-electron chi connectivity index (χ0n) is 14.1. The van der Waals surface area contributed by atoms with E-state index in [1.54, 1.807) is 16.4 Å². The van der Waals surface area contributed by atoms with Crippen molar-refractivity contribution in [3.8, 4) is 0 Å². The second kappa shape index (κ2) is 6.89. The van der Waals surface area contributed by atoms with Crippen LogP contribution in [0, 0.1) is 5.92 Å². The molecule has 0 aromatic heterocycles. The van der Waals surface area contributed by atoms with Crippen LogP contribution < -0.4 is 0 Å². The number of hydrogen-bond donors (Lipinski definition) is 0. The summed E-state index contributed by atoms with van der Waals surface area (Å²) in [6.07, 6.45) is 0.928. The van der Waals surface area contributed by atoms with Gasteiger partial charge < -0.3 is 9.80 Å². The monoisotopic (exact) mass is 337 g/mol. The molecule has 1 aromatic rings. The van der Waals surface area contributed by atoms with Crippen molar-refractivity contribution in [1.29, 1.82) is 0 Å². The van der Waals surface area contributed by atoms with Crippen molar-refractivity contribution in [1.82, 2.24) is 14.1 Å². The Balaban J connectivity index is 1.53. The number of nitrogens with zero attached hydrogens (tertiary/aromatic N) is 3. The molecule has 2 aliphatic rings. The average Bonchev–Trinajstić information content (AvgIpc) is 2.52. The molecule has 2 aliphatic heterocycles. The first-order chi connectivity index (χ1) is 11.0. The lowest BCUT2D eigenvalue weighted by Gasteiger charge is -2.42. The maximum absolute atomic E-state index is 12.6. The van der Waals surface area contributed by atoms with E-state index in [4.69, 9.17) is 0 Å². The van der Waals surface area contributed by atoms with Crippen LogP contribution in [0.25, 0.3) is 0 Å². The third-order valence-electron chi connectivity index (χ3n) is 5.01. The van der Waals surface area contributed by atoms with Gasteiger partial charge in [-0.1, -0.05) is 19.1 Å². The fraction of sp³-hybridized carbons (Fsp3) is 0.647. The third kappa shape index (κ3) is 3.76. The fourth-order valence-electron chi connectivity index (χ4n) is 3.28. The van der Waals surface area contributed by atoms with Gasteiger partial charge in [0.05, 0.1) is 4.90 Å². The van der Waals surface area contributed by atoms with E-state index < -0.39 is 10.0 Å². The van der Waals surface area contributed by atoms with E-state index in [9.17, 15) is 8.42 Å². The molecule has 0 radical (unpaired) electrons. The molecule has 6 heteroatoms. The minimum atomic E-state index is -3.30. The van der Waals surface area contributed by atoms with Crippen LogP contribution in [0.1, 0.15) is 12.5 Å². The second-order valence-corrected chi connectivity index (χ2v) is 8.73. The van der Waals surface area contributed by atoms with Gasteiger partial charge in [0.25, 0.3) is 0 Å². The Labute approximate surface area is 139 Å². The van der Waals surface area contributed by atoms with Gasteiger partial charge in [0.15, 0.2) is 0 Å². The van der Waals surface area contributed by atoms with Gasteiger partial charge in [-0.15, -0.1) is 0 Å². The summed E-state index contributed by atoms with van der Waals surface area (Å²) in [5.41, 5.74) is 1.17. The van der Waals surface area contributed by atoms with Gasteiger partial charge in [0.1, 0.15) is 0 Å². The third-order valence-corrected chi connectivity index (χ3v) is 6.85. The summed E-state index contributed by atoms with van der Waals surface area (Å²) in [6.45, 7) is 8.82. The Bertz CT molecular complexity index is 616. The fourth-order valence-corrected chi connectivity index (χ4v) is 4.87. The summed E-state index contributed by atoms with van der Waals surface area (Å²) in [5, 5.41) is 0. The number of benzene rings is 1.